The number of hydrogen-bond acceptors (Lipinski definition) is 3. The van der Waals surface area contributed by atoms with Gasteiger partial charge in [0, 0.05) is 18.2 Å². The number of carbonyl (C=O) groups is 1. The number of fused-ring (bicyclic) bond motifs is 5. The Labute approximate surface area is 198 Å². The van der Waals surface area contributed by atoms with Gasteiger partial charge in [0.1, 0.15) is 5.75 Å². The third-order valence-corrected chi connectivity index (χ3v) is 10.2. The Kier molecular flexibility index (Phi) is 5.01. The lowest BCUT2D eigenvalue weighted by atomic mass is 9.47. The number of nitrogens with zero attached hydrogens (tertiary/aromatic N) is 1. The number of methoxy groups -OCH3 is 1. The molecule has 33 heavy (non-hydrogen) atoms. The van der Waals surface area contributed by atoms with Gasteiger partial charge in [0.25, 0.3) is 0 Å². The number of carbonyl (C=O) groups excluding carboxylic acids is 1. The molecule has 5 aliphatic carbocycles. The smallest absolute Gasteiger partial charge is 0.223 e. The lowest BCUT2D eigenvalue weighted by molar-refractivity contribution is -0.123. The molecule has 1 heterocycles. The van der Waals surface area contributed by atoms with Gasteiger partial charge >= 0.3 is 0 Å². The quantitative estimate of drug-likeness (QED) is 0.582. The summed E-state index contributed by atoms with van der Waals surface area (Å²) in [5.74, 6) is 3.69. The van der Waals surface area contributed by atoms with Crippen LogP contribution in [0.2, 0.25) is 0 Å². The fourth-order valence-corrected chi connectivity index (χ4v) is 8.14. The molecule has 0 radical (unpaired) electrons. The summed E-state index contributed by atoms with van der Waals surface area (Å²) in [4.78, 5) is 16.8. The molecule has 0 saturated heterocycles. The summed E-state index contributed by atoms with van der Waals surface area (Å²) in [7, 11) is 1.72. The normalized spacial score (nSPS) is 39.5. The van der Waals surface area contributed by atoms with Crippen LogP contribution in [0.3, 0.4) is 0 Å². The van der Waals surface area contributed by atoms with E-state index in [-0.39, 0.29) is 5.41 Å². The van der Waals surface area contributed by atoms with Gasteiger partial charge < -0.3 is 10.1 Å². The van der Waals surface area contributed by atoms with E-state index in [1.54, 1.807) is 18.9 Å². The van der Waals surface area contributed by atoms with Gasteiger partial charge in [0.15, 0.2) is 0 Å². The largest absolute Gasteiger partial charge is 0.495 e. The van der Waals surface area contributed by atoms with E-state index in [9.17, 15) is 4.79 Å². The first-order chi connectivity index (χ1) is 15.9. The van der Waals surface area contributed by atoms with Crippen molar-refractivity contribution < 1.29 is 9.53 Å². The highest BCUT2D eigenvalue weighted by molar-refractivity contribution is 5.81. The van der Waals surface area contributed by atoms with Gasteiger partial charge in [-0.2, -0.15) is 0 Å². The van der Waals surface area contributed by atoms with E-state index >= 15 is 0 Å². The third-order valence-electron chi connectivity index (χ3n) is 10.2. The summed E-state index contributed by atoms with van der Waals surface area (Å²) >= 11 is 0. The Morgan fingerprint density at radius 2 is 1.85 bits per heavy atom. The van der Waals surface area contributed by atoms with Gasteiger partial charge in [0.2, 0.25) is 5.91 Å². The topological polar surface area (TPSA) is 51.2 Å². The van der Waals surface area contributed by atoms with Gasteiger partial charge in [-0.05, 0) is 104 Å². The summed E-state index contributed by atoms with van der Waals surface area (Å²) in [5.41, 5.74) is 4.91. The summed E-state index contributed by atoms with van der Waals surface area (Å²) in [6, 6.07) is 2.51. The Hall–Kier alpha value is -2.10. The molecule has 3 fully saturated rings. The second-order valence-electron chi connectivity index (χ2n) is 11.9. The highest BCUT2D eigenvalue weighted by Gasteiger charge is 2.57. The van der Waals surface area contributed by atoms with Crippen LogP contribution in [0, 0.1) is 34.5 Å². The number of amides is 1. The molecule has 6 atom stereocenters. The SMILES string of the molecule is COc1cncc(C2=CC[C@H]3[C@@H]4CC=C5C[C@H](NC(=O)C6CC6)CC[C@]5(C)[C@H]4CC[C@]23C)c1. The first kappa shape index (κ1) is 21.4. The standard InChI is InChI=1S/C29H38N2O2/c1-28-12-10-21(31-27(32)18-4-5-18)15-20(28)6-7-23-25-9-8-24(29(25,2)13-11-26(23)28)19-14-22(33-3)17-30-16-19/h6,8,14,16-18,21,23,25-26H,4-5,7,9-13,15H2,1-3H3,(H,31,32)/t21-,23+,25+,26+,28+,29-/m1/s1. The van der Waals surface area contributed by atoms with Crippen LogP contribution in [0.4, 0.5) is 0 Å². The number of pyridine rings is 1. The lowest BCUT2D eigenvalue weighted by Crippen LogP contribution is -2.51. The van der Waals surface area contributed by atoms with Crippen molar-refractivity contribution in [1.29, 1.82) is 0 Å². The minimum atomic E-state index is 0.229. The minimum absolute atomic E-state index is 0.229. The summed E-state index contributed by atoms with van der Waals surface area (Å²) in [6.07, 6.45) is 19.5. The molecule has 1 N–H and O–H groups in total. The van der Waals surface area contributed by atoms with Gasteiger partial charge in [-0.3, -0.25) is 9.78 Å². The maximum atomic E-state index is 12.3. The number of aromatic nitrogens is 1. The van der Waals surface area contributed by atoms with Crippen LogP contribution >= 0.6 is 0 Å². The van der Waals surface area contributed by atoms with Crippen molar-refractivity contribution in [1.82, 2.24) is 10.3 Å². The Morgan fingerprint density at radius 3 is 2.64 bits per heavy atom. The molecule has 0 spiro atoms. The summed E-state index contributed by atoms with van der Waals surface area (Å²) < 4.78 is 5.47. The Bertz CT molecular complexity index is 1020. The van der Waals surface area contributed by atoms with E-state index in [0.29, 0.717) is 29.2 Å². The number of rotatable bonds is 4. The highest BCUT2D eigenvalue weighted by Crippen LogP contribution is 2.66. The molecule has 0 unspecified atom stereocenters. The molecule has 1 aromatic heterocycles. The van der Waals surface area contributed by atoms with E-state index in [2.05, 4.69) is 42.4 Å². The van der Waals surface area contributed by atoms with Gasteiger partial charge in [-0.1, -0.05) is 31.6 Å². The van der Waals surface area contributed by atoms with Crippen LogP contribution in [0.5, 0.6) is 5.75 Å². The molecule has 1 amide bonds. The zero-order valence-corrected chi connectivity index (χ0v) is 20.4. The van der Waals surface area contributed by atoms with Crippen LogP contribution in [0.15, 0.2) is 36.2 Å². The van der Waals surface area contributed by atoms with Crippen molar-refractivity contribution in [3.8, 4) is 5.75 Å². The number of allylic oxidation sites excluding steroid dienone is 3. The fourth-order valence-electron chi connectivity index (χ4n) is 8.14. The van der Waals surface area contributed by atoms with Crippen molar-refractivity contribution in [2.45, 2.75) is 77.7 Å². The number of hydrogen-bond donors (Lipinski definition) is 1. The maximum absolute atomic E-state index is 12.3. The minimum Gasteiger partial charge on any atom is -0.495 e. The van der Waals surface area contributed by atoms with Gasteiger partial charge in [-0.15, -0.1) is 0 Å². The molecule has 5 aliphatic rings. The average molecular weight is 447 g/mol. The van der Waals surface area contributed by atoms with Crippen molar-refractivity contribution in [2.24, 2.45) is 34.5 Å². The summed E-state index contributed by atoms with van der Waals surface area (Å²) in [5, 5.41) is 3.38. The zero-order chi connectivity index (χ0) is 22.8. The first-order valence-electron chi connectivity index (χ1n) is 13.1. The van der Waals surface area contributed by atoms with Crippen LogP contribution in [0.25, 0.3) is 5.57 Å². The molecule has 0 aliphatic heterocycles. The molecule has 4 nitrogen and oxygen atoms in total. The predicted molar refractivity (Wildman–Crippen MR) is 131 cm³/mol. The van der Waals surface area contributed by atoms with Gasteiger partial charge in [0.05, 0.1) is 13.3 Å². The predicted octanol–water partition coefficient (Wildman–Crippen LogP) is 5.94. The van der Waals surface area contributed by atoms with E-state index in [4.69, 9.17) is 4.74 Å². The second kappa shape index (κ2) is 7.71. The number of ether oxygens (including phenoxy) is 1. The molecule has 4 heteroatoms. The highest BCUT2D eigenvalue weighted by atomic mass is 16.5. The Morgan fingerprint density at radius 1 is 1.03 bits per heavy atom. The molecule has 3 saturated carbocycles. The Balaban J connectivity index is 1.22. The molecular weight excluding hydrogens is 408 g/mol. The van der Waals surface area contributed by atoms with Crippen LogP contribution in [-0.2, 0) is 4.79 Å². The van der Waals surface area contributed by atoms with E-state index in [1.807, 2.05) is 6.20 Å². The molecular formula is C29H38N2O2. The van der Waals surface area contributed by atoms with Crippen molar-refractivity contribution in [2.75, 3.05) is 7.11 Å². The average Bonchev–Trinajstić information content (AvgIpc) is 3.61. The lowest BCUT2D eigenvalue weighted by Gasteiger charge is -2.58. The summed E-state index contributed by atoms with van der Waals surface area (Å²) in [6.45, 7) is 5.06. The first-order valence-corrected chi connectivity index (χ1v) is 13.1. The molecule has 176 valence electrons. The molecule has 1 aromatic rings. The fraction of sp³-hybridized carbons (Fsp3) is 0.655. The molecule has 0 aromatic carbocycles. The van der Waals surface area contributed by atoms with E-state index in [0.717, 1.165) is 43.3 Å². The van der Waals surface area contributed by atoms with Crippen LogP contribution in [0.1, 0.15) is 77.2 Å². The maximum Gasteiger partial charge on any atom is 0.223 e. The van der Waals surface area contributed by atoms with E-state index in [1.165, 1.54) is 43.2 Å². The molecule has 6 rings (SSSR count). The van der Waals surface area contributed by atoms with E-state index < -0.39 is 0 Å². The molecule has 0 bridgehead atoms. The number of nitrogens with one attached hydrogen (secondary N) is 1. The third kappa shape index (κ3) is 3.39. The van der Waals surface area contributed by atoms with Crippen molar-refractivity contribution in [3.63, 3.8) is 0 Å². The van der Waals surface area contributed by atoms with Crippen LogP contribution < -0.4 is 10.1 Å². The van der Waals surface area contributed by atoms with Crippen molar-refractivity contribution in [3.05, 3.63) is 41.7 Å². The zero-order valence-electron chi connectivity index (χ0n) is 20.4. The van der Waals surface area contributed by atoms with Crippen molar-refractivity contribution >= 4 is 11.5 Å². The van der Waals surface area contributed by atoms with Crippen LogP contribution in [-0.4, -0.2) is 24.0 Å². The second-order valence-corrected chi connectivity index (χ2v) is 11.9. The van der Waals surface area contributed by atoms with Gasteiger partial charge in [-0.25, -0.2) is 0 Å². The monoisotopic (exact) mass is 446 g/mol.